The Bertz CT molecular complexity index is 637. The molecule has 1 saturated heterocycles. The van der Waals surface area contributed by atoms with Gasteiger partial charge in [-0.1, -0.05) is 0 Å². The zero-order valence-corrected chi connectivity index (χ0v) is 13.5. The van der Waals surface area contributed by atoms with E-state index in [2.05, 4.69) is 5.32 Å². The van der Waals surface area contributed by atoms with Crippen LogP contribution in [0.4, 0.5) is 5.69 Å². The minimum atomic E-state index is -0.726. The van der Waals surface area contributed by atoms with Crippen molar-refractivity contribution in [1.82, 2.24) is 10.2 Å². The summed E-state index contributed by atoms with van der Waals surface area (Å²) in [6.07, 6.45) is 0. The van der Waals surface area contributed by atoms with Crippen LogP contribution in [-0.4, -0.2) is 53.1 Å². The quantitative estimate of drug-likeness (QED) is 0.461. The Morgan fingerprint density at radius 2 is 2.26 bits per heavy atom. The normalized spacial score (nSPS) is 17.8. The van der Waals surface area contributed by atoms with Crippen molar-refractivity contribution in [1.29, 1.82) is 0 Å². The summed E-state index contributed by atoms with van der Waals surface area (Å²) in [7, 11) is 0. The summed E-state index contributed by atoms with van der Waals surface area (Å²) in [5.74, 6) is -0.670. The van der Waals surface area contributed by atoms with Gasteiger partial charge in [-0.25, -0.2) is 0 Å². The number of nitrogens with two attached hydrogens (primary N) is 1. The van der Waals surface area contributed by atoms with Crippen LogP contribution in [0.5, 0.6) is 0 Å². The summed E-state index contributed by atoms with van der Waals surface area (Å²) >= 11 is 1.09. The topological polar surface area (TPSA) is 119 Å². The molecule has 1 unspecified atom stereocenters. The number of nitro benzene ring substituents is 1. The van der Waals surface area contributed by atoms with Crippen molar-refractivity contribution >= 4 is 29.3 Å². The summed E-state index contributed by atoms with van der Waals surface area (Å²) in [5, 5.41) is 14.4. The highest BCUT2D eigenvalue weighted by molar-refractivity contribution is 8.00. The van der Waals surface area contributed by atoms with E-state index in [4.69, 9.17) is 5.73 Å². The van der Waals surface area contributed by atoms with Crippen molar-refractivity contribution in [3.8, 4) is 0 Å². The van der Waals surface area contributed by atoms with Gasteiger partial charge in [-0.05, 0) is 19.1 Å². The van der Waals surface area contributed by atoms with Crippen molar-refractivity contribution in [2.45, 2.75) is 17.9 Å². The molecule has 2 amide bonds. The lowest BCUT2D eigenvalue weighted by atomic mass is 10.2. The van der Waals surface area contributed by atoms with Gasteiger partial charge in [0.1, 0.15) is 0 Å². The molecule has 3 N–H and O–H groups in total. The van der Waals surface area contributed by atoms with Crippen LogP contribution in [0.1, 0.15) is 17.3 Å². The number of hydrogen-bond donors (Lipinski definition) is 2. The number of nitrogens with zero attached hydrogens (tertiary/aromatic N) is 2. The molecule has 1 fully saturated rings. The van der Waals surface area contributed by atoms with Crippen LogP contribution in [0, 0.1) is 10.1 Å². The summed E-state index contributed by atoms with van der Waals surface area (Å²) in [5.41, 5.74) is 4.99. The molecule has 0 spiro atoms. The molecule has 124 valence electrons. The molecule has 1 atom stereocenters. The highest BCUT2D eigenvalue weighted by Gasteiger charge is 2.22. The van der Waals surface area contributed by atoms with Crippen LogP contribution in [0.2, 0.25) is 0 Å². The number of rotatable bonds is 5. The van der Waals surface area contributed by atoms with Crippen molar-refractivity contribution in [2.24, 2.45) is 5.73 Å². The lowest BCUT2D eigenvalue weighted by molar-refractivity contribution is -0.387. The first kappa shape index (κ1) is 17.2. The second-order valence-electron chi connectivity index (χ2n) is 5.29. The Hall–Kier alpha value is -2.13. The lowest BCUT2D eigenvalue weighted by Gasteiger charge is -2.31. The van der Waals surface area contributed by atoms with Crippen LogP contribution >= 0.6 is 11.8 Å². The molecule has 1 aliphatic rings. The van der Waals surface area contributed by atoms with E-state index in [1.165, 1.54) is 12.1 Å². The van der Waals surface area contributed by atoms with Crippen molar-refractivity contribution < 1.29 is 14.5 Å². The average molecular weight is 338 g/mol. The summed E-state index contributed by atoms with van der Waals surface area (Å²) in [6, 6.07) is 4.26. The molecule has 1 aromatic rings. The van der Waals surface area contributed by atoms with Gasteiger partial charge in [0.2, 0.25) is 11.8 Å². The molecule has 1 heterocycles. The van der Waals surface area contributed by atoms with Crippen molar-refractivity contribution in [2.75, 3.05) is 25.4 Å². The maximum Gasteiger partial charge on any atom is 0.283 e. The van der Waals surface area contributed by atoms with E-state index in [9.17, 15) is 19.7 Å². The van der Waals surface area contributed by atoms with Crippen molar-refractivity contribution in [3.63, 3.8) is 0 Å². The number of amides is 2. The zero-order valence-electron chi connectivity index (χ0n) is 12.7. The van der Waals surface area contributed by atoms with Gasteiger partial charge in [0, 0.05) is 37.3 Å². The number of nitro groups is 1. The second kappa shape index (κ2) is 7.42. The highest BCUT2D eigenvalue weighted by Crippen LogP contribution is 2.30. The smallest absolute Gasteiger partial charge is 0.283 e. The van der Waals surface area contributed by atoms with Gasteiger partial charge < -0.3 is 16.0 Å². The van der Waals surface area contributed by atoms with Crippen LogP contribution in [0.25, 0.3) is 0 Å². The van der Waals surface area contributed by atoms with Crippen LogP contribution in [0.15, 0.2) is 23.1 Å². The van der Waals surface area contributed by atoms with Gasteiger partial charge in [0.15, 0.2) is 0 Å². The Kier molecular flexibility index (Phi) is 5.56. The van der Waals surface area contributed by atoms with E-state index >= 15 is 0 Å². The van der Waals surface area contributed by atoms with Gasteiger partial charge in [-0.3, -0.25) is 19.7 Å². The van der Waals surface area contributed by atoms with E-state index in [0.717, 1.165) is 24.4 Å². The molecule has 1 aliphatic heterocycles. The van der Waals surface area contributed by atoms with Gasteiger partial charge in [-0.2, -0.15) is 0 Å². The predicted octanol–water partition coefficient (Wildman–Crippen LogP) is 0.606. The first-order valence-electron chi connectivity index (χ1n) is 7.10. The predicted molar refractivity (Wildman–Crippen MR) is 86.4 cm³/mol. The molecule has 0 bridgehead atoms. The fourth-order valence-electron chi connectivity index (χ4n) is 2.32. The second-order valence-corrected chi connectivity index (χ2v) is 6.30. The zero-order chi connectivity index (χ0) is 17.0. The van der Waals surface area contributed by atoms with Crippen molar-refractivity contribution in [3.05, 3.63) is 33.9 Å². The lowest BCUT2D eigenvalue weighted by Crippen LogP contribution is -2.51. The number of thioether (sulfide) groups is 1. The average Bonchev–Trinajstić information content (AvgIpc) is 2.52. The minimum Gasteiger partial charge on any atom is -0.366 e. The third-order valence-electron chi connectivity index (χ3n) is 3.51. The molecule has 1 aromatic carbocycles. The highest BCUT2D eigenvalue weighted by atomic mass is 32.2. The number of nitrogens with one attached hydrogen (secondary N) is 1. The molecular weight excluding hydrogens is 320 g/mol. The Morgan fingerprint density at radius 1 is 1.52 bits per heavy atom. The number of benzene rings is 1. The number of carbonyl (C=O) groups excluding carboxylic acids is 2. The Labute approximate surface area is 137 Å². The third-order valence-corrected chi connectivity index (χ3v) is 4.56. The van der Waals surface area contributed by atoms with Crippen LogP contribution in [-0.2, 0) is 4.79 Å². The van der Waals surface area contributed by atoms with Crippen LogP contribution in [0.3, 0.4) is 0 Å². The van der Waals surface area contributed by atoms with Gasteiger partial charge in [-0.15, -0.1) is 11.8 Å². The molecule has 8 nitrogen and oxygen atoms in total. The maximum absolute atomic E-state index is 12.2. The fourth-order valence-corrected chi connectivity index (χ4v) is 3.23. The number of piperazine rings is 1. The monoisotopic (exact) mass is 338 g/mol. The molecule has 2 rings (SSSR count). The van der Waals surface area contributed by atoms with E-state index in [-0.39, 0.29) is 29.0 Å². The Morgan fingerprint density at radius 3 is 2.87 bits per heavy atom. The number of hydrogen-bond acceptors (Lipinski definition) is 6. The summed E-state index contributed by atoms with van der Waals surface area (Å²) in [6.45, 7) is 4.00. The first-order valence-corrected chi connectivity index (χ1v) is 8.09. The fraction of sp³-hybridized carbons (Fsp3) is 0.429. The first-order chi connectivity index (χ1) is 10.9. The summed E-state index contributed by atoms with van der Waals surface area (Å²) < 4.78 is 0. The molecule has 9 heteroatoms. The molecule has 0 radical (unpaired) electrons. The Balaban J connectivity index is 2.06. The maximum atomic E-state index is 12.2. The molecule has 0 aliphatic carbocycles. The molecule has 23 heavy (non-hydrogen) atoms. The van der Waals surface area contributed by atoms with E-state index in [1.54, 1.807) is 4.90 Å². The molecule has 0 saturated carbocycles. The summed E-state index contributed by atoms with van der Waals surface area (Å²) in [4.78, 5) is 36.0. The van der Waals surface area contributed by atoms with E-state index < -0.39 is 10.8 Å². The number of carbonyl (C=O) groups is 2. The minimum absolute atomic E-state index is 0.0587. The SMILES string of the molecule is CC1CN(C(=O)CSc2ccc(C(N)=O)cc2[N+](=O)[O-])CCN1. The van der Waals surface area contributed by atoms with Gasteiger partial charge in [0.05, 0.1) is 15.6 Å². The van der Waals surface area contributed by atoms with Crippen LogP contribution < -0.4 is 11.1 Å². The van der Waals surface area contributed by atoms with Gasteiger partial charge >= 0.3 is 0 Å². The number of primary amides is 1. The van der Waals surface area contributed by atoms with Gasteiger partial charge in [0.25, 0.3) is 5.69 Å². The van der Waals surface area contributed by atoms with E-state index in [0.29, 0.717) is 18.0 Å². The standard InChI is InChI=1S/C14H18N4O4S/c1-9-7-17(5-4-16-9)13(19)8-23-12-3-2-10(14(15)20)6-11(12)18(21)22/h2-3,6,9,16H,4-5,7-8H2,1H3,(H2,15,20). The molecular formula is C14H18N4O4S. The third kappa shape index (κ3) is 4.42. The largest absolute Gasteiger partial charge is 0.366 e. The molecule has 0 aromatic heterocycles. The van der Waals surface area contributed by atoms with E-state index in [1.807, 2.05) is 6.92 Å².